The summed E-state index contributed by atoms with van der Waals surface area (Å²) < 4.78 is 24.7. The second-order valence-corrected chi connectivity index (χ2v) is 3.71. The molecule has 0 radical (unpaired) electrons. The minimum absolute atomic E-state index is 0.0894. The molecule has 0 rings (SSSR count). The number of esters is 1. The van der Waals surface area contributed by atoms with Crippen LogP contribution in [0.1, 0.15) is 13.8 Å². The Bertz CT molecular complexity index is 228. The molecule has 0 aromatic rings. The SMILES string of the molecule is C=CC(=O)OCCOCCOCC.CCOCCOCCO. The molecule has 0 spiro atoms. The molecule has 1 N–H and O–H groups in total. The average molecular weight is 322 g/mol. The molecule has 7 nitrogen and oxygen atoms in total. The Morgan fingerprint density at radius 2 is 1.32 bits per heavy atom. The monoisotopic (exact) mass is 322 g/mol. The molecule has 0 saturated carbocycles. The van der Waals surface area contributed by atoms with Gasteiger partial charge in [0, 0.05) is 19.3 Å². The highest BCUT2D eigenvalue weighted by Crippen LogP contribution is 1.82. The van der Waals surface area contributed by atoms with Crippen LogP contribution in [0.25, 0.3) is 0 Å². The van der Waals surface area contributed by atoms with Crippen LogP contribution >= 0.6 is 0 Å². The number of aliphatic hydroxyl groups excluding tert-OH is 1. The van der Waals surface area contributed by atoms with Crippen LogP contribution in [-0.4, -0.2) is 77.1 Å². The van der Waals surface area contributed by atoms with Gasteiger partial charge in [0.2, 0.25) is 0 Å². The number of aliphatic hydroxyl groups is 1. The lowest BCUT2D eigenvalue weighted by Crippen LogP contribution is -2.11. The summed E-state index contributed by atoms with van der Waals surface area (Å²) in [5.74, 6) is -0.423. The second-order valence-electron chi connectivity index (χ2n) is 3.71. The first-order valence-corrected chi connectivity index (χ1v) is 7.43. The highest BCUT2D eigenvalue weighted by atomic mass is 16.6. The van der Waals surface area contributed by atoms with Crippen LogP contribution in [0.4, 0.5) is 0 Å². The maximum Gasteiger partial charge on any atom is 0.330 e. The normalized spacial score (nSPS) is 9.77. The summed E-state index contributed by atoms with van der Waals surface area (Å²) in [5, 5.41) is 8.26. The summed E-state index contributed by atoms with van der Waals surface area (Å²) in [5.41, 5.74) is 0. The fraction of sp³-hybridized carbons (Fsp3) is 0.800. The largest absolute Gasteiger partial charge is 0.460 e. The van der Waals surface area contributed by atoms with Gasteiger partial charge < -0.3 is 28.8 Å². The van der Waals surface area contributed by atoms with Gasteiger partial charge in [0.25, 0.3) is 0 Å². The van der Waals surface area contributed by atoms with Gasteiger partial charge in [-0.05, 0) is 13.8 Å². The van der Waals surface area contributed by atoms with Crippen LogP contribution < -0.4 is 0 Å². The summed E-state index contributed by atoms with van der Waals surface area (Å²) in [4.78, 5) is 10.5. The predicted octanol–water partition coefficient (Wildman–Crippen LogP) is 0.801. The van der Waals surface area contributed by atoms with Crippen molar-refractivity contribution in [2.24, 2.45) is 0 Å². The van der Waals surface area contributed by atoms with Gasteiger partial charge in [-0.2, -0.15) is 0 Å². The molecule has 0 saturated heterocycles. The zero-order valence-corrected chi connectivity index (χ0v) is 13.8. The molecule has 0 unspecified atom stereocenters. The van der Waals surface area contributed by atoms with Gasteiger partial charge in [-0.1, -0.05) is 6.58 Å². The Morgan fingerprint density at radius 3 is 1.77 bits per heavy atom. The summed E-state index contributed by atoms with van der Waals surface area (Å²) in [6, 6.07) is 0. The first-order chi connectivity index (χ1) is 10.7. The van der Waals surface area contributed by atoms with E-state index >= 15 is 0 Å². The molecule has 0 aliphatic rings. The number of carbonyl (C=O) groups is 1. The van der Waals surface area contributed by atoms with E-state index in [0.717, 1.165) is 12.7 Å². The molecular weight excluding hydrogens is 292 g/mol. The zero-order chi connectivity index (χ0) is 16.9. The molecule has 0 aliphatic carbocycles. The van der Waals surface area contributed by atoms with E-state index in [1.54, 1.807) is 0 Å². The second kappa shape index (κ2) is 22.3. The predicted molar refractivity (Wildman–Crippen MR) is 82.9 cm³/mol. The Balaban J connectivity index is 0. The summed E-state index contributed by atoms with van der Waals surface area (Å²) in [6.07, 6.45) is 1.13. The standard InChI is InChI=1S/C9H16O4.C6H14O3/c1-3-9(10)13-8-7-12-6-5-11-4-2;1-2-8-5-6-9-4-3-7/h3H,1,4-8H2,2H3;7H,2-6H2,1H3. The van der Waals surface area contributed by atoms with Gasteiger partial charge in [0.15, 0.2) is 0 Å². The Morgan fingerprint density at radius 1 is 0.864 bits per heavy atom. The minimum Gasteiger partial charge on any atom is -0.460 e. The highest BCUT2D eigenvalue weighted by molar-refractivity contribution is 5.81. The maximum atomic E-state index is 10.5. The molecule has 132 valence electrons. The van der Waals surface area contributed by atoms with E-state index in [-0.39, 0.29) is 13.2 Å². The molecular formula is C15H30O7. The first kappa shape index (κ1) is 23.3. The van der Waals surface area contributed by atoms with Crippen LogP contribution in [0.2, 0.25) is 0 Å². The minimum atomic E-state index is -0.423. The van der Waals surface area contributed by atoms with Crippen molar-refractivity contribution in [1.82, 2.24) is 0 Å². The van der Waals surface area contributed by atoms with Crippen LogP contribution in [0.5, 0.6) is 0 Å². The molecule has 0 aliphatic heterocycles. The van der Waals surface area contributed by atoms with E-state index in [1.807, 2.05) is 13.8 Å². The Labute approximate surface area is 133 Å². The van der Waals surface area contributed by atoms with Crippen LogP contribution in [0.15, 0.2) is 12.7 Å². The van der Waals surface area contributed by atoms with Crippen LogP contribution in [-0.2, 0) is 28.5 Å². The molecule has 7 heteroatoms. The van der Waals surface area contributed by atoms with Crippen molar-refractivity contribution in [3.63, 3.8) is 0 Å². The van der Waals surface area contributed by atoms with E-state index in [2.05, 4.69) is 11.3 Å². The molecule has 0 amide bonds. The third-order valence-electron chi connectivity index (χ3n) is 2.03. The van der Waals surface area contributed by atoms with Gasteiger partial charge in [-0.15, -0.1) is 0 Å². The van der Waals surface area contributed by atoms with E-state index in [9.17, 15) is 4.79 Å². The Kier molecular flexibility index (Phi) is 23.6. The molecule has 0 bridgehead atoms. The lowest BCUT2D eigenvalue weighted by atomic mass is 10.6. The average Bonchev–Trinajstić information content (AvgIpc) is 2.54. The van der Waals surface area contributed by atoms with Gasteiger partial charge in [0.1, 0.15) is 6.61 Å². The quantitative estimate of drug-likeness (QED) is 0.288. The molecule has 0 heterocycles. The lowest BCUT2D eigenvalue weighted by molar-refractivity contribution is -0.139. The van der Waals surface area contributed by atoms with Crippen molar-refractivity contribution in [3.05, 3.63) is 12.7 Å². The van der Waals surface area contributed by atoms with Gasteiger partial charge >= 0.3 is 5.97 Å². The number of hydrogen-bond acceptors (Lipinski definition) is 7. The van der Waals surface area contributed by atoms with Gasteiger partial charge in [-0.3, -0.25) is 0 Å². The van der Waals surface area contributed by atoms with Gasteiger partial charge in [0.05, 0.1) is 46.2 Å². The molecule has 0 fully saturated rings. The van der Waals surface area contributed by atoms with Crippen molar-refractivity contribution in [1.29, 1.82) is 0 Å². The number of rotatable bonds is 14. The maximum absolute atomic E-state index is 10.5. The molecule has 0 aromatic heterocycles. The fourth-order valence-corrected chi connectivity index (χ4v) is 1.05. The number of hydrogen-bond donors (Lipinski definition) is 1. The molecule has 0 atom stereocenters. The van der Waals surface area contributed by atoms with Crippen molar-refractivity contribution in [2.75, 3.05) is 66.1 Å². The molecule has 0 aromatic carbocycles. The number of ether oxygens (including phenoxy) is 5. The van der Waals surface area contributed by atoms with Crippen molar-refractivity contribution >= 4 is 5.97 Å². The third-order valence-corrected chi connectivity index (χ3v) is 2.03. The summed E-state index contributed by atoms with van der Waals surface area (Å²) in [6.45, 7) is 12.0. The van der Waals surface area contributed by atoms with Crippen molar-refractivity contribution in [3.8, 4) is 0 Å². The Hall–Kier alpha value is -0.990. The summed E-state index contributed by atoms with van der Waals surface area (Å²) in [7, 11) is 0. The summed E-state index contributed by atoms with van der Waals surface area (Å²) >= 11 is 0. The topological polar surface area (TPSA) is 83.5 Å². The van der Waals surface area contributed by atoms with Crippen LogP contribution in [0.3, 0.4) is 0 Å². The first-order valence-electron chi connectivity index (χ1n) is 7.43. The smallest absolute Gasteiger partial charge is 0.330 e. The third kappa shape index (κ3) is 24.1. The van der Waals surface area contributed by atoms with E-state index in [1.165, 1.54) is 0 Å². The van der Waals surface area contributed by atoms with Crippen LogP contribution in [0, 0.1) is 0 Å². The van der Waals surface area contributed by atoms with E-state index in [4.69, 9.17) is 24.1 Å². The van der Waals surface area contributed by atoms with E-state index < -0.39 is 5.97 Å². The number of carbonyl (C=O) groups excluding carboxylic acids is 1. The van der Waals surface area contributed by atoms with Gasteiger partial charge in [-0.25, -0.2) is 4.79 Å². The lowest BCUT2D eigenvalue weighted by Gasteiger charge is -2.04. The highest BCUT2D eigenvalue weighted by Gasteiger charge is 1.94. The van der Waals surface area contributed by atoms with Crippen molar-refractivity contribution < 1.29 is 33.6 Å². The molecule has 22 heavy (non-hydrogen) atoms. The van der Waals surface area contributed by atoms with E-state index in [0.29, 0.717) is 46.2 Å². The van der Waals surface area contributed by atoms with Crippen molar-refractivity contribution in [2.45, 2.75) is 13.8 Å². The zero-order valence-electron chi connectivity index (χ0n) is 13.8. The fourth-order valence-electron chi connectivity index (χ4n) is 1.05.